The Hall–Kier alpha value is -4.66. The molecule has 0 bridgehead atoms. The van der Waals surface area contributed by atoms with E-state index in [9.17, 15) is 13.7 Å². The van der Waals surface area contributed by atoms with E-state index in [1.165, 1.54) is 23.7 Å². The number of hydrogen-bond acceptors (Lipinski definition) is 9. The number of rotatable bonds is 9. The zero-order chi connectivity index (χ0) is 32.5. The zero-order valence-electron chi connectivity index (χ0n) is 26.6. The van der Waals surface area contributed by atoms with E-state index in [1.54, 1.807) is 18.2 Å². The molecule has 6 rings (SSSR count). The molecule has 46 heavy (non-hydrogen) atoms. The first-order valence-electron chi connectivity index (χ1n) is 15.5. The summed E-state index contributed by atoms with van der Waals surface area (Å²) < 4.78 is 41.6. The summed E-state index contributed by atoms with van der Waals surface area (Å²) in [5.41, 5.74) is 3.79. The van der Waals surface area contributed by atoms with E-state index in [0.29, 0.717) is 48.4 Å². The zero-order valence-corrected chi connectivity index (χ0v) is 27.4. The second-order valence-corrected chi connectivity index (χ2v) is 13.6. The van der Waals surface area contributed by atoms with Gasteiger partial charge in [0.1, 0.15) is 11.5 Å². The first-order valence-corrected chi connectivity index (χ1v) is 16.9. The Bertz CT molecular complexity index is 1870. The summed E-state index contributed by atoms with van der Waals surface area (Å²) in [5.74, 6) is 1.46. The molecule has 2 aromatic heterocycles. The minimum absolute atomic E-state index is 0.0824. The summed E-state index contributed by atoms with van der Waals surface area (Å²) in [6.07, 6.45) is 3.27. The number of ether oxygens (including phenoxy) is 2. The van der Waals surface area contributed by atoms with E-state index in [0.717, 1.165) is 35.6 Å². The van der Waals surface area contributed by atoms with Crippen molar-refractivity contribution < 1.29 is 17.9 Å². The van der Waals surface area contributed by atoms with Gasteiger partial charge >= 0.3 is 0 Å². The summed E-state index contributed by atoms with van der Waals surface area (Å²) in [4.78, 5) is 13.5. The number of sulfonamides is 1. The van der Waals surface area contributed by atoms with Gasteiger partial charge in [-0.2, -0.15) is 13.7 Å². The maximum Gasteiger partial charge on any atom is 0.281 e. The molecule has 1 saturated heterocycles. The van der Waals surface area contributed by atoms with Gasteiger partial charge in [0.25, 0.3) is 10.0 Å². The van der Waals surface area contributed by atoms with Gasteiger partial charge in [-0.15, -0.1) is 0 Å². The molecule has 0 amide bonds. The van der Waals surface area contributed by atoms with Crippen molar-refractivity contribution >= 4 is 21.4 Å². The van der Waals surface area contributed by atoms with Crippen LogP contribution in [-0.2, 0) is 15.6 Å². The van der Waals surface area contributed by atoms with Crippen LogP contribution in [0.4, 0.5) is 11.4 Å². The molecule has 4 aromatic rings. The minimum Gasteiger partial charge on any atom is -0.495 e. The highest BCUT2D eigenvalue weighted by molar-refractivity contribution is 7.92. The number of aromatic nitrogens is 2. The third-order valence-electron chi connectivity index (χ3n) is 8.89. The Morgan fingerprint density at radius 1 is 0.978 bits per heavy atom. The maximum atomic E-state index is 14.4. The highest BCUT2D eigenvalue weighted by atomic mass is 32.2. The lowest BCUT2D eigenvalue weighted by Gasteiger charge is -2.47. The predicted octanol–water partition coefficient (Wildman–Crippen LogP) is 5.15. The molecule has 1 fully saturated rings. The van der Waals surface area contributed by atoms with Gasteiger partial charge in [0, 0.05) is 54.9 Å². The Balaban J connectivity index is 1.48. The molecule has 1 unspecified atom stereocenters. The summed E-state index contributed by atoms with van der Waals surface area (Å²) >= 11 is 0. The molecule has 0 radical (unpaired) electrons. The molecule has 1 atom stereocenters. The average Bonchev–Trinajstić information content (AvgIpc) is 3.45. The number of hydrogen-bond donors (Lipinski definition) is 0. The molecule has 2 aromatic carbocycles. The van der Waals surface area contributed by atoms with Crippen molar-refractivity contribution in [2.24, 2.45) is 0 Å². The third-order valence-corrected chi connectivity index (χ3v) is 10.6. The quantitative estimate of drug-likeness (QED) is 0.246. The molecule has 2 aliphatic rings. The van der Waals surface area contributed by atoms with E-state index in [1.807, 2.05) is 49.5 Å². The van der Waals surface area contributed by atoms with Crippen molar-refractivity contribution in [3.63, 3.8) is 0 Å². The lowest BCUT2D eigenvalue weighted by molar-refractivity contribution is 0.124. The Labute approximate surface area is 270 Å². The number of fused-ring (bicyclic) bond motifs is 1. The van der Waals surface area contributed by atoms with E-state index in [4.69, 9.17) is 9.47 Å². The monoisotopic (exact) mass is 638 g/mol. The Kier molecular flexibility index (Phi) is 8.59. The van der Waals surface area contributed by atoms with Crippen molar-refractivity contribution in [1.82, 2.24) is 14.9 Å². The normalized spacial score (nSPS) is 18.3. The van der Waals surface area contributed by atoms with Crippen LogP contribution in [0.5, 0.6) is 11.5 Å². The van der Waals surface area contributed by atoms with Crippen LogP contribution in [0.25, 0.3) is 0 Å². The van der Waals surface area contributed by atoms with Crippen LogP contribution in [0.3, 0.4) is 0 Å². The van der Waals surface area contributed by atoms with E-state index in [-0.39, 0.29) is 11.6 Å². The number of nitriles is 1. The average molecular weight is 639 g/mol. The van der Waals surface area contributed by atoms with Gasteiger partial charge in [-0.3, -0.25) is 14.2 Å². The number of anilines is 2. The largest absolute Gasteiger partial charge is 0.495 e. The maximum absolute atomic E-state index is 14.4. The molecule has 10 nitrogen and oxygen atoms in total. The van der Waals surface area contributed by atoms with Gasteiger partial charge in [-0.25, -0.2) is 4.98 Å². The van der Waals surface area contributed by atoms with Crippen molar-refractivity contribution in [2.45, 2.75) is 37.3 Å². The molecule has 238 valence electrons. The fourth-order valence-corrected chi connectivity index (χ4v) is 7.98. The van der Waals surface area contributed by atoms with Gasteiger partial charge in [0.05, 0.1) is 49.3 Å². The topological polar surface area (TPSA) is 112 Å². The summed E-state index contributed by atoms with van der Waals surface area (Å²) in [5, 5.41) is 9.90. The van der Waals surface area contributed by atoms with Crippen LogP contribution in [0.1, 0.15) is 49.1 Å². The number of methoxy groups -OCH3 is 1. The molecule has 0 N–H and O–H groups in total. The van der Waals surface area contributed by atoms with Crippen LogP contribution < -0.4 is 18.7 Å². The predicted molar refractivity (Wildman–Crippen MR) is 177 cm³/mol. The summed E-state index contributed by atoms with van der Waals surface area (Å²) in [7, 11) is -2.60. The summed E-state index contributed by atoms with van der Waals surface area (Å²) in [6.45, 7) is 9.48. The molecular weight excluding hydrogens is 600 g/mol. The fraction of sp³-hybridized carbons (Fsp3) is 0.343. The van der Waals surface area contributed by atoms with Crippen LogP contribution in [0.2, 0.25) is 0 Å². The van der Waals surface area contributed by atoms with Gasteiger partial charge in [0.15, 0.2) is 5.03 Å². The SMILES string of the molecule is CCOc1ccccc1C1(N2CCN(c3ccnc(C(C)C)c3)CC2)CN(S(=O)(=O)c2ccc(OC)cn2)c2ccc(C#N)cc21. The highest BCUT2D eigenvalue weighted by Crippen LogP contribution is 2.52. The van der Waals surface area contributed by atoms with Gasteiger partial charge in [-0.05, 0) is 61.4 Å². The van der Waals surface area contributed by atoms with Gasteiger partial charge in [-0.1, -0.05) is 32.0 Å². The lowest BCUT2D eigenvalue weighted by Crippen LogP contribution is -2.58. The van der Waals surface area contributed by atoms with E-state index >= 15 is 0 Å². The molecule has 2 aliphatic heterocycles. The molecule has 0 saturated carbocycles. The van der Waals surface area contributed by atoms with Crippen molar-refractivity contribution in [3.05, 3.63) is 102 Å². The molecular formula is C35H38N6O4S. The number of benzene rings is 2. The van der Waals surface area contributed by atoms with Gasteiger partial charge < -0.3 is 14.4 Å². The molecule has 0 aliphatic carbocycles. The minimum atomic E-state index is -4.11. The van der Waals surface area contributed by atoms with Crippen molar-refractivity contribution in [3.8, 4) is 17.6 Å². The third kappa shape index (κ3) is 5.42. The number of piperazine rings is 1. The van der Waals surface area contributed by atoms with E-state index in [2.05, 4.69) is 45.8 Å². The van der Waals surface area contributed by atoms with Crippen molar-refractivity contribution in [1.29, 1.82) is 5.26 Å². The van der Waals surface area contributed by atoms with Crippen molar-refractivity contribution in [2.75, 3.05) is 55.6 Å². The lowest BCUT2D eigenvalue weighted by atomic mass is 9.81. The Morgan fingerprint density at radius 2 is 1.76 bits per heavy atom. The van der Waals surface area contributed by atoms with Crippen LogP contribution in [0.15, 0.2) is 84.1 Å². The second kappa shape index (κ2) is 12.6. The van der Waals surface area contributed by atoms with Gasteiger partial charge in [0.2, 0.25) is 0 Å². The first-order chi connectivity index (χ1) is 22.2. The Morgan fingerprint density at radius 3 is 2.43 bits per heavy atom. The highest BCUT2D eigenvalue weighted by Gasteiger charge is 2.53. The number of pyridine rings is 2. The van der Waals surface area contributed by atoms with Crippen LogP contribution >= 0.6 is 0 Å². The van der Waals surface area contributed by atoms with E-state index < -0.39 is 15.6 Å². The van der Waals surface area contributed by atoms with Crippen LogP contribution in [-0.4, -0.2) is 69.7 Å². The van der Waals surface area contributed by atoms with Crippen LogP contribution in [0, 0.1) is 11.3 Å². The molecule has 4 heterocycles. The summed E-state index contributed by atoms with van der Waals surface area (Å²) in [6, 6.07) is 22.6. The fourth-order valence-electron chi connectivity index (χ4n) is 6.56. The number of para-hydroxylation sites is 1. The number of nitrogens with zero attached hydrogens (tertiary/aromatic N) is 6. The molecule has 0 spiro atoms. The molecule has 11 heteroatoms. The smallest absolute Gasteiger partial charge is 0.281 e. The first kappa shape index (κ1) is 31.3. The standard InChI is InChI=1S/C35H38N6O4S/c1-5-45-33-9-7-6-8-29(33)35(40-18-16-39(17-19-40)27-14-15-37-31(21-27)25(2)3)24-41(32-12-10-26(22-36)20-30(32)35)46(42,43)34-13-11-28(44-4)23-38-34/h6-15,20-21,23,25H,5,16-19,24H2,1-4H3. The second-order valence-electron chi connectivity index (χ2n) is 11.7.